The predicted molar refractivity (Wildman–Crippen MR) is 119 cm³/mol. The predicted octanol–water partition coefficient (Wildman–Crippen LogP) is 2.63. The van der Waals surface area contributed by atoms with Crippen molar-refractivity contribution >= 4 is 35.8 Å². The average Bonchev–Trinajstić information content (AvgIpc) is 3.15. The molecule has 1 fully saturated rings. The molecule has 1 aliphatic rings. The van der Waals surface area contributed by atoms with E-state index in [2.05, 4.69) is 20.4 Å². The Morgan fingerprint density at radius 1 is 1.38 bits per heavy atom. The summed E-state index contributed by atoms with van der Waals surface area (Å²) in [6, 6.07) is 5.13. The van der Waals surface area contributed by atoms with Crippen molar-refractivity contribution in [1.29, 1.82) is 0 Å². The van der Waals surface area contributed by atoms with E-state index in [0.29, 0.717) is 31.9 Å². The molecule has 0 spiro atoms. The maximum atomic E-state index is 12.5. The molecule has 1 aliphatic heterocycles. The monoisotopic (exact) mass is 526 g/mol. The first-order chi connectivity index (χ1) is 13.5. The van der Waals surface area contributed by atoms with Crippen LogP contribution in [0.25, 0.3) is 0 Å². The number of aliphatic imine (C=N–C) groups is 1. The van der Waals surface area contributed by atoms with E-state index in [1.54, 1.807) is 25.2 Å². The summed E-state index contributed by atoms with van der Waals surface area (Å²) in [6.45, 7) is 0.932. The zero-order valence-corrected chi connectivity index (χ0v) is 19.2. The molecule has 2 N–H and O–H groups in total. The first-order valence-electron chi connectivity index (χ1n) is 9.33. The van der Waals surface area contributed by atoms with Crippen LogP contribution >= 0.6 is 24.0 Å². The Labute approximate surface area is 187 Å². The van der Waals surface area contributed by atoms with Crippen LogP contribution in [0.4, 0.5) is 8.78 Å². The second-order valence-corrected chi connectivity index (χ2v) is 6.44. The average molecular weight is 526 g/mol. The van der Waals surface area contributed by atoms with Gasteiger partial charge in [0, 0.05) is 39.1 Å². The minimum Gasteiger partial charge on any atom is -0.493 e. The summed E-state index contributed by atoms with van der Waals surface area (Å²) in [5.41, 5.74) is 0.833. The van der Waals surface area contributed by atoms with Crippen molar-refractivity contribution in [2.45, 2.75) is 38.8 Å². The lowest BCUT2D eigenvalue weighted by Crippen LogP contribution is -2.45. The quantitative estimate of drug-likeness (QED) is 0.310. The van der Waals surface area contributed by atoms with Gasteiger partial charge in [0.1, 0.15) is 0 Å². The van der Waals surface area contributed by atoms with E-state index in [-0.39, 0.29) is 47.4 Å². The Morgan fingerprint density at radius 2 is 2.14 bits per heavy atom. The van der Waals surface area contributed by atoms with Gasteiger partial charge >= 0.3 is 6.61 Å². The number of nitrogens with zero attached hydrogens (tertiary/aromatic N) is 2. The standard InChI is InChI=1S/C19H28F2N4O3.HI/c1-4-17(26)25-10-8-14(12-25)24-19(22-2)23-9-7-13-5-6-15(27-3)16(11-13)28-18(20)21;/h5-6,11,14,18H,4,7-10,12H2,1-3H3,(H2,22,23,24);1H. The Bertz CT molecular complexity index is 691. The highest BCUT2D eigenvalue weighted by Crippen LogP contribution is 2.29. The van der Waals surface area contributed by atoms with Crippen LogP contribution in [0, 0.1) is 0 Å². The molecule has 0 bridgehead atoms. The van der Waals surface area contributed by atoms with Crippen LogP contribution in [-0.2, 0) is 11.2 Å². The number of carbonyl (C=O) groups excluding carboxylic acids is 1. The largest absolute Gasteiger partial charge is 0.493 e. The molecule has 1 saturated heterocycles. The van der Waals surface area contributed by atoms with Gasteiger partial charge in [-0.1, -0.05) is 13.0 Å². The summed E-state index contributed by atoms with van der Waals surface area (Å²) in [4.78, 5) is 17.8. The molecule has 164 valence electrons. The molecule has 1 aromatic rings. The summed E-state index contributed by atoms with van der Waals surface area (Å²) in [5, 5.41) is 6.52. The molecule has 0 aliphatic carbocycles. The van der Waals surface area contributed by atoms with Crippen LogP contribution < -0.4 is 20.1 Å². The minimum atomic E-state index is -2.91. The lowest BCUT2D eigenvalue weighted by molar-refractivity contribution is -0.129. The van der Waals surface area contributed by atoms with Gasteiger partial charge in [0.25, 0.3) is 0 Å². The van der Waals surface area contributed by atoms with Crippen LogP contribution in [-0.4, -0.2) is 63.2 Å². The molecule has 10 heteroatoms. The van der Waals surface area contributed by atoms with Gasteiger partial charge in [-0.2, -0.15) is 8.78 Å². The van der Waals surface area contributed by atoms with E-state index < -0.39 is 6.61 Å². The number of amides is 1. The van der Waals surface area contributed by atoms with Crippen molar-refractivity contribution in [2.24, 2.45) is 4.99 Å². The fourth-order valence-electron chi connectivity index (χ4n) is 3.11. The summed E-state index contributed by atoms with van der Waals surface area (Å²) in [7, 11) is 3.09. The summed E-state index contributed by atoms with van der Waals surface area (Å²) < 4.78 is 34.6. The zero-order chi connectivity index (χ0) is 20.5. The highest BCUT2D eigenvalue weighted by molar-refractivity contribution is 14.0. The first-order valence-corrected chi connectivity index (χ1v) is 9.33. The number of nitrogens with one attached hydrogen (secondary N) is 2. The van der Waals surface area contributed by atoms with Gasteiger partial charge < -0.3 is 25.0 Å². The third-order valence-electron chi connectivity index (χ3n) is 4.56. The minimum absolute atomic E-state index is 0. The number of likely N-dealkylation sites (tertiary alicyclic amines) is 1. The first kappa shape index (κ1) is 25.2. The maximum Gasteiger partial charge on any atom is 0.387 e. The van der Waals surface area contributed by atoms with Crippen molar-refractivity contribution in [1.82, 2.24) is 15.5 Å². The van der Waals surface area contributed by atoms with Crippen LogP contribution in [0.1, 0.15) is 25.3 Å². The number of guanidine groups is 1. The second kappa shape index (κ2) is 12.7. The molecule has 1 atom stereocenters. The van der Waals surface area contributed by atoms with Gasteiger partial charge in [0.05, 0.1) is 7.11 Å². The summed E-state index contributed by atoms with van der Waals surface area (Å²) in [6.07, 6.45) is 1.98. The number of halogens is 3. The fourth-order valence-corrected chi connectivity index (χ4v) is 3.11. The number of carbonyl (C=O) groups is 1. The van der Waals surface area contributed by atoms with Gasteiger partial charge in [-0.3, -0.25) is 9.79 Å². The van der Waals surface area contributed by atoms with E-state index in [4.69, 9.17) is 4.74 Å². The van der Waals surface area contributed by atoms with E-state index >= 15 is 0 Å². The molecule has 0 radical (unpaired) electrons. The summed E-state index contributed by atoms with van der Waals surface area (Å²) in [5.74, 6) is 1.09. The van der Waals surface area contributed by atoms with E-state index in [9.17, 15) is 13.6 Å². The van der Waals surface area contributed by atoms with Crippen LogP contribution in [0.3, 0.4) is 0 Å². The molecule has 1 unspecified atom stereocenters. The van der Waals surface area contributed by atoms with Gasteiger partial charge in [-0.05, 0) is 30.5 Å². The second-order valence-electron chi connectivity index (χ2n) is 6.44. The van der Waals surface area contributed by atoms with Gasteiger partial charge in [-0.25, -0.2) is 0 Å². The zero-order valence-electron chi connectivity index (χ0n) is 16.9. The molecule has 0 aromatic heterocycles. The normalized spacial score (nSPS) is 16.4. The van der Waals surface area contributed by atoms with E-state index in [0.717, 1.165) is 18.5 Å². The SMILES string of the molecule is CCC(=O)N1CCC(NC(=NC)NCCc2ccc(OC)c(OC(F)F)c2)C1.I. The Balaban J connectivity index is 0.00000420. The Morgan fingerprint density at radius 3 is 2.76 bits per heavy atom. The number of hydrogen-bond acceptors (Lipinski definition) is 4. The van der Waals surface area contributed by atoms with E-state index in [1.165, 1.54) is 7.11 Å². The number of methoxy groups -OCH3 is 1. The Kier molecular flexibility index (Phi) is 11.0. The van der Waals surface area contributed by atoms with Crippen LogP contribution in [0.2, 0.25) is 0 Å². The number of rotatable bonds is 8. The van der Waals surface area contributed by atoms with E-state index in [1.807, 2.05) is 11.8 Å². The van der Waals surface area contributed by atoms with Gasteiger partial charge in [-0.15, -0.1) is 24.0 Å². The lowest BCUT2D eigenvalue weighted by Gasteiger charge is -2.19. The third kappa shape index (κ3) is 7.82. The molecule has 29 heavy (non-hydrogen) atoms. The molecule has 2 rings (SSSR count). The lowest BCUT2D eigenvalue weighted by atomic mass is 10.1. The van der Waals surface area contributed by atoms with Crippen molar-refractivity contribution in [3.8, 4) is 11.5 Å². The Hall–Kier alpha value is -1.85. The number of alkyl halides is 2. The van der Waals surface area contributed by atoms with Crippen molar-refractivity contribution in [3.63, 3.8) is 0 Å². The molecule has 1 aromatic carbocycles. The third-order valence-corrected chi connectivity index (χ3v) is 4.56. The van der Waals surface area contributed by atoms with Crippen LogP contribution in [0.5, 0.6) is 11.5 Å². The number of ether oxygens (including phenoxy) is 2. The highest BCUT2D eigenvalue weighted by Gasteiger charge is 2.25. The van der Waals surface area contributed by atoms with Crippen molar-refractivity contribution < 1.29 is 23.0 Å². The molecule has 0 saturated carbocycles. The highest BCUT2D eigenvalue weighted by atomic mass is 127. The van der Waals surface area contributed by atoms with Gasteiger partial charge in [0.15, 0.2) is 17.5 Å². The van der Waals surface area contributed by atoms with Crippen LogP contribution in [0.15, 0.2) is 23.2 Å². The number of hydrogen-bond donors (Lipinski definition) is 2. The molecule has 1 amide bonds. The maximum absolute atomic E-state index is 12.5. The number of benzene rings is 1. The molecular weight excluding hydrogens is 497 g/mol. The van der Waals surface area contributed by atoms with Crippen molar-refractivity contribution in [3.05, 3.63) is 23.8 Å². The molecule has 7 nitrogen and oxygen atoms in total. The van der Waals surface area contributed by atoms with Crippen molar-refractivity contribution in [2.75, 3.05) is 33.8 Å². The summed E-state index contributed by atoms with van der Waals surface area (Å²) >= 11 is 0. The van der Waals surface area contributed by atoms with Gasteiger partial charge in [0.2, 0.25) is 5.91 Å². The molecular formula is C19H29F2IN4O3. The smallest absolute Gasteiger partial charge is 0.387 e. The molecule has 1 heterocycles. The fraction of sp³-hybridized carbons (Fsp3) is 0.579. The topological polar surface area (TPSA) is 75.2 Å².